The van der Waals surface area contributed by atoms with Crippen molar-refractivity contribution in [3.05, 3.63) is 10.6 Å². The molecule has 1 heterocycles. The number of hydrogen-bond acceptors (Lipinski definition) is 4. The van der Waals surface area contributed by atoms with Crippen LogP contribution in [-0.2, 0) is 6.42 Å². The van der Waals surface area contributed by atoms with Crippen LogP contribution in [0.5, 0.6) is 0 Å². The van der Waals surface area contributed by atoms with Crippen molar-refractivity contribution in [1.82, 2.24) is 10.3 Å². The molecule has 0 radical (unpaired) electrons. The average Bonchev–Trinajstić information content (AvgIpc) is 2.47. The molecule has 3 nitrogen and oxygen atoms in total. The summed E-state index contributed by atoms with van der Waals surface area (Å²) < 4.78 is 0. The summed E-state index contributed by atoms with van der Waals surface area (Å²) in [5.41, 5.74) is 1.30. The first-order valence-corrected chi connectivity index (χ1v) is 6.00. The van der Waals surface area contributed by atoms with Crippen molar-refractivity contribution in [2.75, 3.05) is 26.0 Å². The van der Waals surface area contributed by atoms with Crippen LogP contribution in [0.2, 0.25) is 0 Å². The van der Waals surface area contributed by atoms with Gasteiger partial charge in [0, 0.05) is 30.9 Å². The second-order valence-corrected chi connectivity index (χ2v) is 5.77. The molecule has 0 aliphatic rings. The molecule has 0 amide bonds. The molecule has 4 heteroatoms. The largest absolute Gasteiger partial charge is 0.354 e. The number of rotatable bonds is 4. The number of thiazole rings is 1. The lowest BCUT2D eigenvalue weighted by molar-refractivity contribution is 0.424. The minimum Gasteiger partial charge on any atom is -0.354 e. The molecule has 1 aromatic rings. The van der Waals surface area contributed by atoms with Gasteiger partial charge in [0.1, 0.15) is 0 Å². The van der Waals surface area contributed by atoms with Gasteiger partial charge in [-0.15, -0.1) is 11.3 Å². The van der Waals surface area contributed by atoms with Crippen LogP contribution in [0.3, 0.4) is 0 Å². The predicted molar refractivity (Wildman–Crippen MR) is 68.0 cm³/mol. The lowest BCUT2D eigenvalue weighted by Gasteiger charge is -2.23. The van der Waals surface area contributed by atoms with Gasteiger partial charge in [-0.3, -0.25) is 0 Å². The van der Waals surface area contributed by atoms with Crippen LogP contribution >= 0.6 is 11.3 Å². The van der Waals surface area contributed by atoms with Crippen molar-refractivity contribution >= 4 is 16.5 Å². The number of aryl methyl sites for hydroxylation is 1. The molecule has 1 aromatic heterocycles. The summed E-state index contributed by atoms with van der Waals surface area (Å²) in [5.74, 6) is 0. The zero-order valence-corrected chi connectivity index (χ0v) is 11.3. The molecule has 0 spiro atoms. The number of aromatic nitrogens is 1. The highest BCUT2D eigenvalue weighted by molar-refractivity contribution is 7.15. The van der Waals surface area contributed by atoms with Crippen LogP contribution in [-0.4, -0.2) is 31.7 Å². The van der Waals surface area contributed by atoms with E-state index in [0.717, 1.165) is 17.2 Å². The normalized spacial score (nSPS) is 11.9. The average molecular weight is 227 g/mol. The van der Waals surface area contributed by atoms with Crippen LogP contribution in [0.15, 0.2) is 0 Å². The SMILES string of the molecule is CNC(C)(C)Cc1sc(N(C)C)nc1C. The van der Waals surface area contributed by atoms with Crippen molar-refractivity contribution < 1.29 is 0 Å². The Bertz CT molecular complexity index is 329. The first kappa shape index (κ1) is 12.5. The third-order valence-electron chi connectivity index (χ3n) is 2.54. The third-order valence-corrected chi connectivity index (χ3v) is 3.87. The topological polar surface area (TPSA) is 28.2 Å². The van der Waals surface area contributed by atoms with E-state index >= 15 is 0 Å². The molecule has 1 rings (SSSR count). The summed E-state index contributed by atoms with van der Waals surface area (Å²) in [7, 11) is 6.07. The van der Waals surface area contributed by atoms with Crippen molar-refractivity contribution in [3.8, 4) is 0 Å². The summed E-state index contributed by atoms with van der Waals surface area (Å²) in [4.78, 5) is 7.98. The second kappa shape index (κ2) is 4.49. The van der Waals surface area contributed by atoms with Gasteiger partial charge in [0.25, 0.3) is 0 Å². The fourth-order valence-corrected chi connectivity index (χ4v) is 2.47. The predicted octanol–water partition coefficient (Wildman–Crippen LogP) is 2.06. The molecule has 0 atom stereocenters. The van der Waals surface area contributed by atoms with Crippen molar-refractivity contribution in [3.63, 3.8) is 0 Å². The Morgan fingerprint density at radius 3 is 2.40 bits per heavy atom. The molecule has 15 heavy (non-hydrogen) atoms. The molecule has 0 saturated carbocycles. The Kier molecular flexibility index (Phi) is 3.73. The third kappa shape index (κ3) is 3.18. The van der Waals surface area contributed by atoms with E-state index in [-0.39, 0.29) is 5.54 Å². The minimum absolute atomic E-state index is 0.140. The van der Waals surface area contributed by atoms with Gasteiger partial charge in [0.05, 0.1) is 5.69 Å². The van der Waals surface area contributed by atoms with Crippen LogP contribution in [0.1, 0.15) is 24.4 Å². The number of nitrogens with zero attached hydrogens (tertiary/aromatic N) is 2. The van der Waals surface area contributed by atoms with Gasteiger partial charge in [-0.2, -0.15) is 0 Å². The molecule has 0 aromatic carbocycles. The van der Waals surface area contributed by atoms with E-state index in [0.29, 0.717) is 0 Å². The highest BCUT2D eigenvalue weighted by Gasteiger charge is 2.19. The maximum Gasteiger partial charge on any atom is 0.185 e. The number of anilines is 1. The summed E-state index contributed by atoms with van der Waals surface area (Å²) in [6.45, 7) is 6.51. The van der Waals surface area contributed by atoms with E-state index in [1.165, 1.54) is 4.88 Å². The summed E-state index contributed by atoms with van der Waals surface area (Å²) in [6, 6.07) is 0. The lowest BCUT2D eigenvalue weighted by atomic mass is 9.99. The molecule has 0 bridgehead atoms. The monoisotopic (exact) mass is 227 g/mol. The van der Waals surface area contributed by atoms with E-state index in [2.05, 4.69) is 36.0 Å². The Morgan fingerprint density at radius 2 is 2.00 bits per heavy atom. The highest BCUT2D eigenvalue weighted by atomic mass is 32.1. The second-order valence-electron chi connectivity index (χ2n) is 4.71. The smallest absolute Gasteiger partial charge is 0.185 e. The molecule has 0 aliphatic carbocycles. The Hall–Kier alpha value is -0.610. The standard InChI is InChI=1S/C11H21N3S/c1-8-9(7-11(2,3)12-4)15-10(13-8)14(5)6/h12H,7H2,1-6H3. The molecular weight excluding hydrogens is 206 g/mol. The van der Waals surface area contributed by atoms with Crippen LogP contribution in [0, 0.1) is 6.92 Å². The number of hydrogen-bond donors (Lipinski definition) is 1. The van der Waals surface area contributed by atoms with Crippen LogP contribution in [0.25, 0.3) is 0 Å². The fourth-order valence-electron chi connectivity index (χ4n) is 1.26. The quantitative estimate of drug-likeness (QED) is 0.853. The van der Waals surface area contributed by atoms with Gasteiger partial charge < -0.3 is 10.2 Å². The summed E-state index contributed by atoms with van der Waals surface area (Å²) in [5, 5.41) is 4.41. The van der Waals surface area contributed by atoms with Gasteiger partial charge in [-0.25, -0.2) is 4.98 Å². The van der Waals surface area contributed by atoms with Crippen LogP contribution < -0.4 is 10.2 Å². The highest BCUT2D eigenvalue weighted by Crippen LogP contribution is 2.27. The molecule has 86 valence electrons. The van der Waals surface area contributed by atoms with E-state index in [9.17, 15) is 0 Å². The molecule has 0 unspecified atom stereocenters. The van der Waals surface area contributed by atoms with Gasteiger partial charge in [-0.05, 0) is 27.8 Å². The number of nitrogens with one attached hydrogen (secondary N) is 1. The zero-order valence-electron chi connectivity index (χ0n) is 10.5. The van der Waals surface area contributed by atoms with E-state index in [1.54, 1.807) is 11.3 Å². The maximum absolute atomic E-state index is 4.55. The number of likely N-dealkylation sites (N-methyl/N-ethyl adjacent to an activating group) is 1. The molecule has 0 saturated heterocycles. The van der Waals surface area contributed by atoms with Gasteiger partial charge in [0.2, 0.25) is 0 Å². The molecule has 0 fully saturated rings. The maximum atomic E-state index is 4.55. The first-order chi connectivity index (χ1) is 6.85. The zero-order chi connectivity index (χ0) is 11.6. The van der Waals surface area contributed by atoms with Crippen molar-refractivity contribution in [1.29, 1.82) is 0 Å². The lowest BCUT2D eigenvalue weighted by Crippen LogP contribution is -2.38. The fraction of sp³-hybridized carbons (Fsp3) is 0.727. The van der Waals surface area contributed by atoms with Crippen LogP contribution in [0.4, 0.5) is 5.13 Å². The van der Waals surface area contributed by atoms with Gasteiger partial charge >= 0.3 is 0 Å². The van der Waals surface area contributed by atoms with E-state index < -0.39 is 0 Å². The van der Waals surface area contributed by atoms with Gasteiger partial charge in [-0.1, -0.05) is 0 Å². The Labute approximate surface area is 96.5 Å². The van der Waals surface area contributed by atoms with E-state index in [1.807, 2.05) is 21.1 Å². The van der Waals surface area contributed by atoms with Gasteiger partial charge in [0.15, 0.2) is 5.13 Å². The molecule has 1 N–H and O–H groups in total. The Balaban J connectivity index is 2.86. The van der Waals surface area contributed by atoms with Crippen molar-refractivity contribution in [2.45, 2.75) is 32.7 Å². The molecule has 0 aliphatic heterocycles. The Morgan fingerprint density at radius 1 is 1.40 bits per heavy atom. The molecular formula is C11H21N3S. The summed E-state index contributed by atoms with van der Waals surface area (Å²) >= 11 is 1.78. The van der Waals surface area contributed by atoms with Crippen molar-refractivity contribution in [2.24, 2.45) is 0 Å². The van der Waals surface area contributed by atoms with E-state index in [4.69, 9.17) is 0 Å². The summed E-state index contributed by atoms with van der Waals surface area (Å²) in [6.07, 6.45) is 1.03. The first-order valence-electron chi connectivity index (χ1n) is 5.18. The minimum atomic E-state index is 0.140.